The molecule has 49 heavy (non-hydrogen) atoms. The van der Waals surface area contributed by atoms with Crippen LogP contribution in [0, 0.1) is 11.3 Å². The van der Waals surface area contributed by atoms with E-state index in [0.717, 1.165) is 110 Å². The molecule has 260 valence electrons. The summed E-state index contributed by atoms with van der Waals surface area (Å²) in [6, 6.07) is 18.8. The van der Waals surface area contributed by atoms with Gasteiger partial charge in [0.15, 0.2) is 0 Å². The van der Waals surface area contributed by atoms with Gasteiger partial charge >= 0.3 is 0 Å². The summed E-state index contributed by atoms with van der Waals surface area (Å²) in [4.78, 5) is 16.2. The molecule has 2 aliphatic heterocycles. The standard InChI is InChI=1S/C38H47N5O4S2/c1-49(45)42-13-9-31(10-14-42)43-25-34(28-4-2-5-29(21-28)36(39)48)33-8-7-27(20-35(33)43)24-40-37(44)30-22-38(23-30)11-15-41(16-12-38)17-19-46-26-32-6-3-18-47-32/h2-8,18,20-21,25,30-31H,9-17,19,22-24,26H2,1H3,(H2,39,48)(H,40,44). The lowest BCUT2D eigenvalue weighted by Crippen LogP contribution is -2.51. The van der Waals surface area contributed by atoms with Crippen molar-refractivity contribution in [1.82, 2.24) is 19.1 Å². The van der Waals surface area contributed by atoms with Crippen LogP contribution in [0.15, 0.2) is 71.5 Å². The number of carbonyl (C=O) groups excluding carboxylic acids is 1. The highest BCUT2D eigenvalue weighted by Gasteiger charge is 2.48. The monoisotopic (exact) mass is 701 g/mol. The van der Waals surface area contributed by atoms with Crippen LogP contribution in [0.3, 0.4) is 0 Å². The number of hydrogen-bond acceptors (Lipinski definition) is 6. The number of amides is 1. The van der Waals surface area contributed by atoms with Crippen LogP contribution in [-0.2, 0) is 33.7 Å². The van der Waals surface area contributed by atoms with E-state index in [1.54, 1.807) is 12.5 Å². The Kier molecular flexibility index (Phi) is 10.3. The molecule has 2 saturated heterocycles. The first kappa shape index (κ1) is 34.1. The number of aromatic nitrogens is 1. The summed E-state index contributed by atoms with van der Waals surface area (Å²) in [7, 11) is -0.955. The third kappa shape index (κ3) is 7.71. The molecule has 3 N–H and O–H groups in total. The Morgan fingerprint density at radius 1 is 1.08 bits per heavy atom. The SMILES string of the molecule is CS(=O)N1CCC(n2cc(-c3cccc(C(N)=S)c3)c3ccc(CNC(=O)C4CC5(CCN(CCOCc6ccco6)CC5)C4)cc32)CC1. The second kappa shape index (κ2) is 14.9. The van der Waals surface area contributed by atoms with E-state index < -0.39 is 11.0 Å². The number of carbonyl (C=O) groups is 1. The molecule has 1 unspecified atom stereocenters. The third-order valence-corrected chi connectivity index (χ3v) is 12.4. The van der Waals surface area contributed by atoms with Crippen LogP contribution >= 0.6 is 12.2 Å². The maximum atomic E-state index is 13.3. The molecule has 2 aromatic carbocycles. The fraction of sp³-hybridized carbons (Fsp3) is 0.474. The molecular weight excluding hydrogens is 655 g/mol. The van der Waals surface area contributed by atoms with Crippen molar-refractivity contribution in [2.24, 2.45) is 17.1 Å². The van der Waals surface area contributed by atoms with Crippen molar-refractivity contribution in [3.63, 3.8) is 0 Å². The summed E-state index contributed by atoms with van der Waals surface area (Å²) in [6.07, 6.45) is 11.8. The van der Waals surface area contributed by atoms with Gasteiger partial charge in [0.1, 0.15) is 17.4 Å². The van der Waals surface area contributed by atoms with Crippen LogP contribution in [0.25, 0.3) is 22.0 Å². The molecule has 0 bridgehead atoms. The van der Waals surface area contributed by atoms with Crippen LogP contribution in [0.5, 0.6) is 0 Å². The Morgan fingerprint density at radius 3 is 2.59 bits per heavy atom. The van der Waals surface area contributed by atoms with E-state index >= 15 is 0 Å². The Hall–Kier alpha value is -3.35. The zero-order valence-electron chi connectivity index (χ0n) is 28.3. The summed E-state index contributed by atoms with van der Waals surface area (Å²) >= 11 is 5.27. The number of ether oxygens (including phenoxy) is 1. The van der Waals surface area contributed by atoms with Crippen LogP contribution in [0.1, 0.15) is 61.5 Å². The number of nitrogens with one attached hydrogen (secondary N) is 1. The van der Waals surface area contributed by atoms with Gasteiger partial charge in [0.05, 0.1) is 23.9 Å². The quantitative estimate of drug-likeness (QED) is 0.142. The van der Waals surface area contributed by atoms with Crippen LogP contribution in [0.2, 0.25) is 0 Å². The van der Waals surface area contributed by atoms with Gasteiger partial charge in [0, 0.05) is 72.6 Å². The molecule has 7 rings (SSSR count). The third-order valence-electron chi connectivity index (χ3n) is 11.0. The topological polar surface area (TPSA) is 106 Å². The van der Waals surface area contributed by atoms with Crippen molar-refractivity contribution in [1.29, 1.82) is 0 Å². The largest absolute Gasteiger partial charge is 0.467 e. The number of nitrogens with zero attached hydrogens (tertiary/aromatic N) is 3. The number of thiocarbonyl (C=S) groups is 1. The molecule has 3 aliphatic rings. The Labute approximate surface area is 296 Å². The van der Waals surface area contributed by atoms with Gasteiger partial charge in [0.25, 0.3) is 0 Å². The molecule has 1 amide bonds. The number of fused-ring (bicyclic) bond motifs is 1. The number of furan rings is 1. The van der Waals surface area contributed by atoms with Crippen molar-refractivity contribution in [3.8, 4) is 11.1 Å². The van der Waals surface area contributed by atoms with Gasteiger partial charge in [0.2, 0.25) is 5.91 Å². The van der Waals surface area contributed by atoms with Gasteiger partial charge in [-0.05, 0) is 92.4 Å². The van der Waals surface area contributed by atoms with Crippen molar-refractivity contribution < 1.29 is 18.2 Å². The summed E-state index contributed by atoms with van der Waals surface area (Å²) in [5, 5.41) is 4.43. The second-order valence-electron chi connectivity index (χ2n) is 14.1. The Bertz CT molecular complexity index is 1800. The average Bonchev–Trinajstić information content (AvgIpc) is 3.76. The Balaban J connectivity index is 0.966. The Morgan fingerprint density at radius 2 is 1.88 bits per heavy atom. The lowest BCUT2D eigenvalue weighted by molar-refractivity contribution is -0.135. The van der Waals surface area contributed by atoms with Crippen molar-refractivity contribution in [2.45, 2.75) is 57.7 Å². The van der Waals surface area contributed by atoms with E-state index in [0.29, 0.717) is 36.2 Å². The van der Waals surface area contributed by atoms with E-state index in [1.165, 1.54) is 0 Å². The first-order valence-electron chi connectivity index (χ1n) is 17.5. The number of benzene rings is 2. The number of likely N-dealkylation sites (tertiary alicyclic amines) is 1. The molecule has 4 aromatic rings. The zero-order valence-corrected chi connectivity index (χ0v) is 29.9. The molecule has 1 spiro atoms. The van der Waals surface area contributed by atoms with E-state index in [4.69, 9.17) is 27.1 Å². The second-order valence-corrected chi connectivity index (χ2v) is 15.9. The first-order valence-corrected chi connectivity index (χ1v) is 19.4. The fourth-order valence-electron chi connectivity index (χ4n) is 8.08. The maximum absolute atomic E-state index is 13.3. The zero-order chi connectivity index (χ0) is 34.0. The maximum Gasteiger partial charge on any atom is 0.223 e. The van der Waals surface area contributed by atoms with Crippen molar-refractivity contribution in [3.05, 3.63) is 83.9 Å². The summed E-state index contributed by atoms with van der Waals surface area (Å²) < 4.78 is 27.7. The summed E-state index contributed by atoms with van der Waals surface area (Å²) in [5.74, 6) is 1.13. The number of nitrogens with two attached hydrogens (primary N) is 1. The lowest BCUT2D eigenvalue weighted by Gasteiger charge is -2.51. The molecule has 1 atom stereocenters. The van der Waals surface area contributed by atoms with E-state index in [-0.39, 0.29) is 11.8 Å². The predicted molar refractivity (Wildman–Crippen MR) is 198 cm³/mol. The minimum Gasteiger partial charge on any atom is -0.467 e. The molecule has 0 radical (unpaired) electrons. The van der Waals surface area contributed by atoms with E-state index in [9.17, 15) is 9.00 Å². The molecular formula is C38H47N5O4S2. The van der Waals surface area contributed by atoms with E-state index in [2.05, 4.69) is 51.3 Å². The minimum atomic E-state index is -0.955. The molecule has 1 aliphatic carbocycles. The van der Waals surface area contributed by atoms with Gasteiger partial charge in [-0.3, -0.25) is 4.79 Å². The van der Waals surface area contributed by atoms with Crippen LogP contribution < -0.4 is 11.1 Å². The number of rotatable bonds is 12. The lowest BCUT2D eigenvalue weighted by atomic mass is 9.57. The number of piperidine rings is 2. The van der Waals surface area contributed by atoms with Crippen LogP contribution in [-0.4, -0.2) is 74.5 Å². The smallest absolute Gasteiger partial charge is 0.223 e. The van der Waals surface area contributed by atoms with Gasteiger partial charge in [-0.15, -0.1) is 0 Å². The van der Waals surface area contributed by atoms with Gasteiger partial charge in [-0.1, -0.05) is 42.5 Å². The highest BCUT2D eigenvalue weighted by molar-refractivity contribution is 7.81. The normalized spacial score (nSPS) is 19.6. The van der Waals surface area contributed by atoms with Crippen LogP contribution in [0.4, 0.5) is 0 Å². The molecule has 2 aromatic heterocycles. The molecule has 1 saturated carbocycles. The molecule has 9 nitrogen and oxygen atoms in total. The molecule has 3 fully saturated rings. The fourth-order valence-corrected chi connectivity index (χ4v) is 8.93. The van der Waals surface area contributed by atoms with Gasteiger partial charge in [-0.25, -0.2) is 8.51 Å². The van der Waals surface area contributed by atoms with Gasteiger partial charge < -0.3 is 29.7 Å². The highest BCUT2D eigenvalue weighted by atomic mass is 32.2. The van der Waals surface area contributed by atoms with E-state index in [1.807, 2.05) is 28.6 Å². The van der Waals surface area contributed by atoms with Gasteiger partial charge in [-0.2, -0.15) is 0 Å². The molecule has 4 heterocycles. The summed E-state index contributed by atoms with van der Waals surface area (Å²) in [6.45, 7) is 6.40. The van der Waals surface area contributed by atoms with Crippen molar-refractivity contribution >= 4 is 45.0 Å². The predicted octanol–water partition coefficient (Wildman–Crippen LogP) is 5.79. The molecule has 11 heteroatoms. The van der Waals surface area contributed by atoms with Crippen molar-refractivity contribution in [2.75, 3.05) is 45.6 Å². The minimum absolute atomic E-state index is 0.0950. The highest BCUT2D eigenvalue weighted by Crippen LogP contribution is 2.52. The first-order chi connectivity index (χ1) is 23.8. The summed E-state index contributed by atoms with van der Waals surface area (Å²) in [5.41, 5.74) is 11.6. The number of hydrogen-bond donors (Lipinski definition) is 2. The average molecular weight is 702 g/mol.